The summed E-state index contributed by atoms with van der Waals surface area (Å²) in [6, 6.07) is 7.06. The molecular formula is C16H22N3O3S+. The fraction of sp³-hybridized carbons (Fsp3) is 0.438. The zero-order chi connectivity index (χ0) is 16.8. The molecule has 1 atom stereocenters. The van der Waals surface area contributed by atoms with E-state index < -0.39 is 5.25 Å². The lowest BCUT2D eigenvalue weighted by atomic mass is 10.2. The summed E-state index contributed by atoms with van der Waals surface area (Å²) in [5.41, 5.74) is 0.501. The third-order valence-corrected chi connectivity index (χ3v) is 4.54. The summed E-state index contributed by atoms with van der Waals surface area (Å²) in [5, 5.41) is 3.58. The maximum absolute atomic E-state index is 12.7. The smallest absolute Gasteiger partial charge is 0.304 e. The maximum atomic E-state index is 12.7. The van der Waals surface area contributed by atoms with Crippen molar-refractivity contribution >= 4 is 34.4 Å². The normalized spacial score (nSPS) is 18.5. The van der Waals surface area contributed by atoms with Crippen molar-refractivity contribution in [1.82, 2.24) is 5.32 Å². The summed E-state index contributed by atoms with van der Waals surface area (Å²) in [6.45, 7) is 5.47. The highest BCUT2D eigenvalue weighted by atomic mass is 32.2. The predicted molar refractivity (Wildman–Crippen MR) is 91.7 cm³/mol. The van der Waals surface area contributed by atoms with Gasteiger partial charge in [0, 0.05) is 6.42 Å². The second kappa shape index (κ2) is 8.01. The molecule has 0 bridgehead atoms. The topological polar surface area (TPSA) is 72.6 Å². The Kier molecular flexibility index (Phi) is 6.04. The van der Waals surface area contributed by atoms with Gasteiger partial charge in [-0.05, 0) is 37.7 Å². The number of nitrogens with zero attached hydrogens (tertiary/aromatic N) is 1. The number of anilines is 1. The Hall–Kier alpha value is -2.02. The van der Waals surface area contributed by atoms with E-state index in [0.717, 1.165) is 18.3 Å². The SMILES string of the molecule is CCNC(=[NH+]CC)S[C@@H]1CC(=O)N(c2ccccc2OC)C1=O. The first kappa shape index (κ1) is 17.3. The number of carbonyl (C=O) groups excluding carboxylic acids is 2. The van der Waals surface area contributed by atoms with Gasteiger partial charge in [-0.3, -0.25) is 19.9 Å². The van der Waals surface area contributed by atoms with Crippen molar-refractivity contribution in [1.29, 1.82) is 0 Å². The molecule has 1 aromatic rings. The van der Waals surface area contributed by atoms with Crippen molar-refractivity contribution in [3.05, 3.63) is 24.3 Å². The molecule has 0 aliphatic carbocycles. The van der Waals surface area contributed by atoms with Gasteiger partial charge in [0.15, 0.2) is 0 Å². The molecule has 124 valence electrons. The molecule has 1 fully saturated rings. The molecule has 0 spiro atoms. The van der Waals surface area contributed by atoms with Crippen LogP contribution in [0.3, 0.4) is 0 Å². The zero-order valence-corrected chi connectivity index (χ0v) is 14.4. The molecule has 1 aliphatic heterocycles. The van der Waals surface area contributed by atoms with Gasteiger partial charge in [-0.25, -0.2) is 4.90 Å². The van der Waals surface area contributed by atoms with E-state index >= 15 is 0 Å². The first-order valence-corrected chi connectivity index (χ1v) is 8.51. The van der Waals surface area contributed by atoms with E-state index in [1.165, 1.54) is 23.8 Å². The minimum absolute atomic E-state index is 0.182. The summed E-state index contributed by atoms with van der Waals surface area (Å²) < 4.78 is 5.27. The molecule has 2 N–H and O–H groups in total. The molecule has 1 aromatic carbocycles. The summed E-state index contributed by atoms with van der Waals surface area (Å²) >= 11 is 1.37. The van der Waals surface area contributed by atoms with E-state index in [0.29, 0.717) is 11.4 Å². The first-order chi connectivity index (χ1) is 11.1. The highest BCUT2D eigenvalue weighted by molar-refractivity contribution is 8.14. The van der Waals surface area contributed by atoms with Gasteiger partial charge in [-0.1, -0.05) is 12.1 Å². The van der Waals surface area contributed by atoms with Crippen LogP contribution < -0.4 is 19.9 Å². The molecule has 1 saturated heterocycles. The van der Waals surface area contributed by atoms with E-state index in [4.69, 9.17) is 4.74 Å². The quantitative estimate of drug-likeness (QED) is 0.454. The molecule has 0 radical (unpaired) electrons. The second-order valence-corrected chi connectivity index (χ2v) is 6.15. The average Bonchev–Trinajstić information content (AvgIpc) is 2.82. The molecule has 0 saturated carbocycles. The van der Waals surface area contributed by atoms with Crippen LogP contribution in [0.5, 0.6) is 5.75 Å². The van der Waals surface area contributed by atoms with Gasteiger partial charge >= 0.3 is 5.17 Å². The van der Waals surface area contributed by atoms with E-state index in [-0.39, 0.29) is 18.2 Å². The minimum atomic E-state index is -0.430. The fourth-order valence-corrected chi connectivity index (χ4v) is 3.54. The number of rotatable bonds is 5. The Morgan fingerprint density at radius 1 is 1.39 bits per heavy atom. The second-order valence-electron chi connectivity index (χ2n) is 4.94. The number of methoxy groups -OCH3 is 1. The predicted octanol–water partition coefficient (Wildman–Crippen LogP) is 0.126. The Labute approximate surface area is 140 Å². The highest BCUT2D eigenvalue weighted by Crippen LogP contribution is 2.34. The van der Waals surface area contributed by atoms with Crippen molar-refractivity contribution in [2.75, 3.05) is 25.1 Å². The number of ether oxygens (including phenoxy) is 1. The van der Waals surface area contributed by atoms with Crippen LogP contribution in [0.4, 0.5) is 5.69 Å². The number of benzene rings is 1. The Morgan fingerprint density at radius 3 is 2.78 bits per heavy atom. The number of para-hydroxylation sites is 2. The van der Waals surface area contributed by atoms with Crippen LogP contribution >= 0.6 is 11.8 Å². The standard InChI is InChI=1S/C16H21N3O3S/c1-4-17-16(18-5-2)23-13-10-14(20)19(15(13)21)11-8-6-7-9-12(11)22-3/h6-9,13H,4-5,10H2,1-3H3,(H,17,18)/p+1/t13-/m1/s1. The Morgan fingerprint density at radius 2 is 2.13 bits per heavy atom. The van der Waals surface area contributed by atoms with Crippen molar-refractivity contribution in [3.8, 4) is 5.75 Å². The maximum Gasteiger partial charge on any atom is 0.304 e. The zero-order valence-electron chi connectivity index (χ0n) is 13.6. The van der Waals surface area contributed by atoms with Gasteiger partial charge in [-0.2, -0.15) is 0 Å². The minimum Gasteiger partial charge on any atom is -0.495 e. The van der Waals surface area contributed by atoms with Gasteiger partial charge in [-0.15, -0.1) is 0 Å². The lowest BCUT2D eigenvalue weighted by Crippen LogP contribution is -2.74. The summed E-state index contributed by atoms with van der Waals surface area (Å²) in [6.07, 6.45) is 0.182. The van der Waals surface area contributed by atoms with E-state index in [2.05, 4.69) is 10.3 Å². The van der Waals surface area contributed by atoms with Crippen LogP contribution in [0, 0.1) is 0 Å². The number of nitrogens with one attached hydrogen (secondary N) is 2. The number of amides is 2. The largest absolute Gasteiger partial charge is 0.495 e. The molecule has 1 heterocycles. The number of hydrogen-bond acceptors (Lipinski definition) is 4. The third-order valence-electron chi connectivity index (χ3n) is 3.37. The van der Waals surface area contributed by atoms with E-state index in [1.54, 1.807) is 18.2 Å². The van der Waals surface area contributed by atoms with E-state index in [1.807, 2.05) is 19.9 Å². The summed E-state index contributed by atoms with van der Waals surface area (Å²) in [4.78, 5) is 29.4. The molecular weight excluding hydrogens is 314 g/mol. The lowest BCUT2D eigenvalue weighted by Gasteiger charge is -2.17. The van der Waals surface area contributed by atoms with Crippen LogP contribution in [-0.2, 0) is 9.59 Å². The molecule has 0 aromatic heterocycles. The van der Waals surface area contributed by atoms with Gasteiger partial charge < -0.3 is 4.74 Å². The summed E-state index contributed by atoms with van der Waals surface area (Å²) in [7, 11) is 1.53. The monoisotopic (exact) mass is 336 g/mol. The van der Waals surface area contributed by atoms with Crippen molar-refractivity contribution in [3.63, 3.8) is 0 Å². The third kappa shape index (κ3) is 3.85. The summed E-state index contributed by atoms with van der Waals surface area (Å²) in [5.74, 6) is 0.101. The van der Waals surface area contributed by atoms with Gasteiger partial charge in [0.25, 0.3) is 0 Å². The van der Waals surface area contributed by atoms with Gasteiger partial charge in [0.05, 0.1) is 25.9 Å². The molecule has 2 rings (SSSR count). The van der Waals surface area contributed by atoms with Crippen LogP contribution in [0.25, 0.3) is 0 Å². The van der Waals surface area contributed by atoms with Crippen molar-refractivity contribution < 1.29 is 19.3 Å². The first-order valence-electron chi connectivity index (χ1n) is 7.63. The van der Waals surface area contributed by atoms with Crippen molar-refractivity contribution in [2.45, 2.75) is 25.5 Å². The Balaban J connectivity index is 2.21. The van der Waals surface area contributed by atoms with Crippen LogP contribution in [0.2, 0.25) is 0 Å². The number of thioether (sulfide) groups is 1. The number of amidine groups is 1. The molecule has 1 aliphatic rings. The lowest BCUT2D eigenvalue weighted by molar-refractivity contribution is -0.451. The van der Waals surface area contributed by atoms with Crippen LogP contribution in [0.1, 0.15) is 20.3 Å². The number of imide groups is 1. The van der Waals surface area contributed by atoms with Crippen LogP contribution in [-0.4, -0.2) is 42.4 Å². The number of hydrogen-bond donors (Lipinski definition) is 2. The number of carbonyl (C=O) groups is 2. The molecule has 0 unspecified atom stereocenters. The highest BCUT2D eigenvalue weighted by Gasteiger charge is 2.42. The molecule has 2 amide bonds. The molecule has 7 heteroatoms. The van der Waals surface area contributed by atoms with E-state index in [9.17, 15) is 9.59 Å². The molecule has 6 nitrogen and oxygen atoms in total. The van der Waals surface area contributed by atoms with Gasteiger partial charge in [0.2, 0.25) is 11.8 Å². The van der Waals surface area contributed by atoms with Crippen molar-refractivity contribution in [2.24, 2.45) is 0 Å². The average molecular weight is 336 g/mol. The fourth-order valence-electron chi connectivity index (χ4n) is 2.37. The molecule has 23 heavy (non-hydrogen) atoms. The Bertz CT molecular complexity index is 618. The van der Waals surface area contributed by atoms with Crippen LogP contribution in [0.15, 0.2) is 24.3 Å². The van der Waals surface area contributed by atoms with Gasteiger partial charge in [0.1, 0.15) is 11.0 Å².